The maximum absolute atomic E-state index is 4.39. The average Bonchev–Trinajstić information content (AvgIpc) is 2.24. The zero-order chi connectivity index (χ0) is 8.49. The molecule has 0 N–H and O–H groups in total. The Morgan fingerprint density at radius 1 is 0.833 bits per heavy atom. The van der Waals surface area contributed by atoms with Crippen molar-refractivity contribution in [3.63, 3.8) is 0 Å². The summed E-state index contributed by atoms with van der Waals surface area (Å²) in [5.41, 5.74) is 0. The lowest BCUT2D eigenvalue weighted by atomic mass is 10.6. The van der Waals surface area contributed by atoms with Crippen molar-refractivity contribution in [3.8, 4) is 0 Å². The average molecular weight is 282 g/mol. The highest BCUT2D eigenvalue weighted by Crippen LogP contribution is 2.57. The van der Waals surface area contributed by atoms with Gasteiger partial charge < -0.3 is 0 Å². The highest BCUT2D eigenvalue weighted by molar-refractivity contribution is 8.43. The van der Waals surface area contributed by atoms with Crippen molar-refractivity contribution >= 4 is 49.4 Å². The molecule has 2 saturated heterocycles. The third kappa shape index (κ3) is 7.83. The predicted molar refractivity (Wildman–Crippen MR) is 67.5 cm³/mol. The van der Waals surface area contributed by atoms with E-state index in [9.17, 15) is 0 Å². The first-order valence-electron chi connectivity index (χ1n) is 3.45. The summed E-state index contributed by atoms with van der Waals surface area (Å²) in [5.74, 6) is 0. The molecule has 0 aromatic heterocycles. The van der Waals surface area contributed by atoms with Crippen LogP contribution < -0.4 is 0 Å². The molecule has 0 radical (unpaired) electrons. The van der Waals surface area contributed by atoms with Gasteiger partial charge in [0.15, 0.2) is 0 Å². The van der Waals surface area contributed by atoms with Crippen LogP contribution in [0.15, 0.2) is 0 Å². The highest BCUT2D eigenvalue weighted by Gasteiger charge is 1.97. The molecule has 72 valence electrons. The normalized spacial score (nSPS) is 36.0. The van der Waals surface area contributed by atoms with Gasteiger partial charge in [0.05, 0.1) is 17.0 Å². The third-order valence-electron chi connectivity index (χ3n) is 1.03. The van der Waals surface area contributed by atoms with Crippen molar-refractivity contribution in [1.29, 1.82) is 0 Å². The van der Waals surface area contributed by atoms with E-state index in [4.69, 9.17) is 0 Å². The molecule has 0 aromatic carbocycles. The number of hydrogen-bond acceptors (Lipinski definition) is 3. The van der Waals surface area contributed by atoms with Crippen LogP contribution in [-0.2, 0) is 14.4 Å². The van der Waals surface area contributed by atoms with E-state index in [2.05, 4.69) is 14.4 Å². The van der Waals surface area contributed by atoms with Gasteiger partial charge in [-0.2, -0.15) is 9.35 Å². The summed E-state index contributed by atoms with van der Waals surface area (Å²) in [6.45, 7) is 0. The van der Waals surface area contributed by atoms with Gasteiger partial charge in [-0.3, -0.25) is 0 Å². The fourth-order valence-electron chi connectivity index (χ4n) is 0.566. The summed E-state index contributed by atoms with van der Waals surface area (Å²) < 4.78 is 8.79. The molecule has 0 spiro atoms. The molecule has 4 unspecified atom stereocenters. The van der Waals surface area contributed by atoms with E-state index < -0.39 is 0 Å². The summed E-state index contributed by atoms with van der Waals surface area (Å²) in [6.07, 6.45) is 4.63. The molecule has 2 aliphatic rings. The van der Waals surface area contributed by atoms with Gasteiger partial charge in [-0.05, 0) is 26.7 Å². The van der Waals surface area contributed by atoms with Crippen molar-refractivity contribution in [2.75, 3.05) is 12.3 Å². The Morgan fingerprint density at radius 2 is 1.50 bits per heavy atom. The van der Waals surface area contributed by atoms with E-state index in [0.29, 0.717) is 17.0 Å². The molecule has 0 aliphatic carbocycles. The zero-order valence-electron chi connectivity index (χ0n) is 6.35. The molecule has 0 aromatic rings. The largest absolute Gasteiger partial charge is 0.183 e. The first-order chi connectivity index (χ1) is 6.00. The van der Waals surface area contributed by atoms with Crippen LogP contribution in [0, 0.1) is 0 Å². The zero-order valence-corrected chi connectivity index (χ0v) is 12.3. The van der Waals surface area contributed by atoms with Gasteiger partial charge in [-0.15, -0.1) is 0 Å². The molecule has 0 amide bonds. The van der Waals surface area contributed by atoms with Crippen LogP contribution in [0.4, 0.5) is 0 Å². The lowest BCUT2D eigenvalue weighted by molar-refractivity contribution is -0.401. The fourth-order valence-corrected chi connectivity index (χ4v) is 9.60. The van der Waals surface area contributed by atoms with E-state index in [1.807, 2.05) is 0 Å². The fraction of sp³-hybridized carbons (Fsp3) is 1.00. The van der Waals surface area contributed by atoms with Crippen molar-refractivity contribution in [1.82, 2.24) is 0 Å². The summed E-state index contributed by atoms with van der Waals surface area (Å²) in [6, 6.07) is 0. The molecule has 0 bridgehead atoms. The first kappa shape index (κ1) is 12.5. The van der Waals surface area contributed by atoms with Crippen molar-refractivity contribution in [2.45, 2.75) is 6.42 Å². The van der Waals surface area contributed by atoms with Crippen LogP contribution in [0.1, 0.15) is 6.42 Å². The van der Waals surface area contributed by atoms with E-state index in [1.54, 1.807) is 12.3 Å². The second-order valence-corrected chi connectivity index (χ2v) is 14.2. The van der Waals surface area contributed by atoms with Crippen molar-refractivity contribution in [2.24, 2.45) is 0 Å². The Labute approximate surface area is 82.9 Å². The predicted octanol–water partition coefficient (Wildman–Crippen LogP) is 3.83. The lowest BCUT2D eigenvalue weighted by Crippen LogP contribution is -1.78. The summed E-state index contributed by atoms with van der Waals surface area (Å²) in [7, 11) is 5.82. The van der Waals surface area contributed by atoms with Crippen LogP contribution >= 0.6 is 49.4 Å². The maximum atomic E-state index is 4.39. The summed E-state index contributed by atoms with van der Waals surface area (Å²) in [5, 5.41) is 4.10. The summed E-state index contributed by atoms with van der Waals surface area (Å²) in [4.78, 5) is 0. The Balaban J connectivity index is 0.000000120. The molecule has 12 heavy (non-hydrogen) atoms. The number of rotatable bonds is 0. The highest BCUT2D eigenvalue weighted by atomic mass is 32.4. The Kier molecular flexibility index (Phi) is 10.4. The lowest BCUT2D eigenvalue weighted by Gasteiger charge is -2.06. The van der Waals surface area contributed by atoms with Crippen molar-refractivity contribution < 1.29 is 14.4 Å². The molecule has 3 nitrogen and oxygen atoms in total. The molecular formula is C3H12O3P6. The molecule has 2 rings (SSSR count). The molecular weight excluding hydrogens is 270 g/mol. The van der Waals surface area contributed by atoms with Gasteiger partial charge in [0, 0.05) is 0 Å². The van der Waals surface area contributed by atoms with E-state index >= 15 is 0 Å². The minimum atomic E-state index is 0.495. The molecule has 2 fully saturated rings. The van der Waals surface area contributed by atoms with E-state index in [0.717, 1.165) is 7.96 Å². The quantitative estimate of drug-likeness (QED) is 0.499. The Morgan fingerprint density at radius 3 is 1.67 bits per heavy atom. The molecule has 2 heterocycles. The smallest absolute Gasteiger partial charge is 0.0875 e. The molecule has 0 saturated carbocycles. The van der Waals surface area contributed by atoms with Crippen LogP contribution in [0.3, 0.4) is 0 Å². The second kappa shape index (κ2) is 9.99. The molecule has 4 atom stereocenters. The Hall–Kier alpha value is 2.46. The van der Waals surface area contributed by atoms with Gasteiger partial charge in [-0.25, -0.2) is 0 Å². The second-order valence-electron chi connectivity index (χ2n) is 1.90. The van der Waals surface area contributed by atoms with E-state index in [1.165, 1.54) is 30.9 Å². The SMILES string of the molecule is C1CPPPC1.O1OPPPO1. The minimum absolute atomic E-state index is 0.495. The van der Waals surface area contributed by atoms with Crippen LogP contribution in [0.2, 0.25) is 0 Å². The topological polar surface area (TPSA) is 27.7 Å². The Bertz CT molecular complexity index is 61.0. The molecule has 9 heteroatoms. The van der Waals surface area contributed by atoms with Gasteiger partial charge in [0.1, 0.15) is 0 Å². The maximum Gasteiger partial charge on any atom is 0.0875 e. The van der Waals surface area contributed by atoms with Gasteiger partial charge in [0.2, 0.25) is 0 Å². The van der Waals surface area contributed by atoms with Crippen LogP contribution in [-0.4, -0.2) is 12.3 Å². The van der Waals surface area contributed by atoms with E-state index in [-0.39, 0.29) is 0 Å². The third-order valence-corrected chi connectivity index (χ3v) is 11.8. The van der Waals surface area contributed by atoms with Gasteiger partial charge >= 0.3 is 0 Å². The van der Waals surface area contributed by atoms with Crippen molar-refractivity contribution in [3.05, 3.63) is 0 Å². The van der Waals surface area contributed by atoms with Gasteiger partial charge in [-0.1, -0.05) is 29.5 Å². The minimum Gasteiger partial charge on any atom is -0.183 e. The molecule has 2 aliphatic heterocycles. The van der Waals surface area contributed by atoms with Crippen LogP contribution in [0.25, 0.3) is 0 Å². The van der Waals surface area contributed by atoms with Gasteiger partial charge in [0.25, 0.3) is 0 Å². The standard InChI is InChI=1S/C3H9P3.H3O3P3/c2*1-2-4-6-5-3-1/h4-6H,1-3H2;4-6H. The summed E-state index contributed by atoms with van der Waals surface area (Å²) >= 11 is 0. The monoisotopic (exact) mass is 282 g/mol. The van der Waals surface area contributed by atoms with Crippen LogP contribution in [0.5, 0.6) is 0 Å². The number of hydrogen-bond donors (Lipinski definition) is 0. The first-order valence-corrected chi connectivity index (χ1v) is 13.7.